The van der Waals surface area contributed by atoms with Crippen LogP contribution in [0.4, 0.5) is 5.69 Å². The Kier molecular flexibility index (Phi) is 2.55. The van der Waals surface area contributed by atoms with Crippen molar-refractivity contribution in [2.24, 2.45) is 0 Å². The van der Waals surface area contributed by atoms with Crippen LogP contribution >= 0.6 is 23.2 Å². The third-order valence-corrected chi connectivity index (χ3v) is 2.27. The molecule has 0 saturated heterocycles. The van der Waals surface area contributed by atoms with Crippen molar-refractivity contribution in [1.29, 1.82) is 0 Å². The Morgan fingerprint density at radius 3 is 2.67 bits per heavy atom. The van der Waals surface area contributed by atoms with Gasteiger partial charge in [0.2, 0.25) is 0 Å². The molecule has 0 aliphatic rings. The van der Waals surface area contributed by atoms with Gasteiger partial charge in [-0.15, -0.1) is 0 Å². The summed E-state index contributed by atoms with van der Waals surface area (Å²) in [7, 11) is 0. The van der Waals surface area contributed by atoms with Gasteiger partial charge in [-0.3, -0.25) is 10.1 Å². The molecule has 0 atom stereocenters. The van der Waals surface area contributed by atoms with Gasteiger partial charge in [-0.25, -0.2) is 0 Å². The van der Waals surface area contributed by atoms with E-state index in [1.165, 1.54) is 6.07 Å². The molecule has 63 valence electrons. The number of rotatable bonds is 1. The lowest BCUT2D eigenvalue weighted by molar-refractivity contribution is -0.385. The average Bonchev–Trinajstić information content (AvgIpc) is 2.00. The fourth-order valence-electron chi connectivity index (χ4n) is 0.719. The lowest BCUT2D eigenvalue weighted by Gasteiger charge is -1.99. The van der Waals surface area contributed by atoms with E-state index < -0.39 is 4.92 Å². The first-order chi connectivity index (χ1) is 5.54. The van der Waals surface area contributed by atoms with Gasteiger partial charge in [-0.05, 0) is 18.6 Å². The Morgan fingerprint density at radius 1 is 1.58 bits per heavy atom. The molecule has 3 nitrogen and oxygen atoms in total. The second-order valence-corrected chi connectivity index (χ2v) is 2.97. The van der Waals surface area contributed by atoms with Gasteiger partial charge in [0.25, 0.3) is 5.69 Å². The molecule has 0 heterocycles. The maximum absolute atomic E-state index is 10.3. The Morgan fingerprint density at radius 2 is 2.17 bits per heavy atom. The Hall–Kier alpha value is -0.800. The normalized spacial score (nSPS) is 9.92. The van der Waals surface area contributed by atoms with Crippen molar-refractivity contribution in [2.75, 3.05) is 0 Å². The molecule has 1 aromatic rings. The molecule has 0 amide bonds. The SMILES string of the molecule is Cc1c(Cl)c[c]c([N+](=O)[O-])c1Cl. The summed E-state index contributed by atoms with van der Waals surface area (Å²) in [6, 6.07) is 3.72. The van der Waals surface area contributed by atoms with E-state index in [1.54, 1.807) is 6.92 Å². The summed E-state index contributed by atoms with van der Waals surface area (Å²) < 4.78 is 0. The van der Waals surface area contributed by atoms with E-state index in [2.05, 4.69) is 6.07 Å². The molecule has 0 saturated carbocycles. The van der Waals surface area contributed by atoms with E-state index in [1.807, 2.05) is 0 Å². The summed E-state index contributed by atoms with van der Waals surface area (Å²) >= 11 is 11.3. The quantitative estimate of drug-likeness (QED) is 0.522. The van der Waals surface area contributed by atoms with Crippen LogP contribution in [0.25, 0.3) is 0 Å². The topological polar surface area (TPSA) is 43.1 Å². The van der Waals surface area contributed by atoms with E-state index in [4.69, 9.17) is 23.2 Å². The molecule has 0 aromatic heterocycles. The standard InChI is InChI=1S/C7H4Cl2NO2/c1-4-5(8)2-3-6(7(4)9)10(11)12/h2H,1H3. The monoisotopic (exact) mass is 204 g/mol. The maximum Gasteiger partial charge on any atom is 0.296 e. The highest BCUT2D eigenvalue weighted by Gasteiger charge is 2.15. The number of nitrogens with zero attached hydrogens (tertiary/aromatic N) is 1. The summed E-state index contributed by atoms with van der Waals surface area (Å²) in [5.74, 6) is 0. The molecule has 0 unspecified atom stereocenters. The van der Waals surface area contributed by atoms with Gasteiger partial charge in [0.05, 0.1) is 11.0 Å². The Labute approximate surface area is 79.1 Å². The van der Waals surface area contributed by atoms with Gasteiger partial charge < -0.3 is 0 Å². The first-order valence-electron chi connectivity index (χ1n) is 3.04. The van der Waals surface area contributed by atoms with Crippen LogP contribution in [-0.2, 0) is 0 Å². The van der Waals surface area contributed by atoms with Crippen molar-refractivity contribution in [3.63, 3.8) is 0 Å². The van der Waals surface area contributed by atoms with Crippen LogP contribution in [0.15, 0.2) is 6.07 Å². The number of hydrogen-bond acceptors (Lipinski definition) is 2. The maximum atomic E-state index is 10.3. The van der Waals surface area contributed by atoms with Gasteiger partial charge >= 0.3 is 0 Å². The number of nitro groups is 1. The molecule has 0 fully saturated rings. The number of benzene rings is 1. The summed E-state index contributed by atoms with van der Waals surface area (Å²) in [5.41, 5.74) is 0.266. The minimum atomic E-state index is -0.592. The molecule has 12 heavy (non-hydrogen) atoms. The molecule has 0 aliphatic carbocycles. The van der Waals surface area contributed by atoms with Gasteiger partial charge in [0.1, 0.15) is 5.02 Å². The second kappa shape index (κ2) is 3.29. The molecule has 1 radical (unpaired) electrons. The predicted octanol–water partition coefficient (Wildman–Crippen LogP) is 3.01. The Balaban J connectivity index is 3.36. The molecular formula is C7H4Cl2NO2. The summed E-state index contributed by atoms with van der Waals surface area (Å²) in [5, 5.41) is 10.8. The molecule has 1 aromatic carbocycles. The third kappa shape index (κ3) is 1.52. The van der Waals surface area contributed by atoms with Gasteiger partial charge in [-0.2, -0.15) is 0 Å². The van der Waals surface area contributed by atoms with Crippen molar-refractivity contribution in [3.05, 3.63) is 37.9 Å². The third-order valence-electron chi connectivity index (χ3n) is 1.41. The van der Waals surface area contributed by atoms with Crippen LogP contribution in [0.3, 0.4) is 0 Å². The minimum absolute atomic E-state index is 0.0486. The molecule has 0 N–H and O–H groups in total. The summed E-state index contributed by atoms with van der Waals surface area (Å²) in [4.78, 5) is 9.74. The van der Waals surface area contributed by atoms with Crippen molar-refractivity contribution < 1.29 is 4.92 Å². The van der Waals surface area contributed by atoms with Gasteiger partial charge in [-0.1, -0.05) is 23.2 Å². The molecule has 0 bridgehead atoms. The zero-order valence-corrected chi connectivity index (χ0v) is 7.61. The van der Waals surface area contributed by atoms with Gasteiger partial charge in [0, 0.05) is 5.02 Å². The highest BCUT2D eigenvalue weighted by molar-refractivity contribution is 6.37. The first kappa shape index (κ1) is 9.29. The van der Waals surface area contributed by atoms with E-state index in [0.717, 1.165) is 0 Å². The molecular weight excluding hydrogens is 201 g/mol. The molecule has 5 heteroatoms. The fourth-order valence-corrected chi connectivity index (χ4v) is 1.14. The van der Waals surface area contributed by atoms with Crippen molar-refractivity contribution >= 4 is 28.9 Å². The minimum Gasteiger partial charge on any atom is -0.258 e. The van der Waals surface area contributed by atoms with Crippen LogP contribution in [0.5, 0.6) is 0 Å². The van der Waals surface area contributed by atoms with Gasteiger partial charge in [0.15, 0.2) is 0 Å². The second-order valence-electron chi connectivity index (χ2n) is 2.18. The van der Waals surface area contributed by atoms with E-state index in [-0.39, 0.29) is 10.7 Å². The summed E-state index contributed by atoms with van der Waals surface area (Å²) in [6.45, 7) is 1.62. The van der Waals surface area contributed by atoms with Crippen LogP contribution in [0.1, 0.15) is 5.56 Å². The number of halogens is 2. The number of nitro benzene ring substituents is 1. The highest BCUT2D eigenvalue weighted by Crippen LogP contribution is 2.31. The lowest BCUT2D eigenvalue weighted by Crippen LogP contribution is -1.91. The number of hydrogen-bond donors (Lipinski definition) is 0. The largest absolute Gasteiger partial charge is 0.296 e. The summed E-state index contributed by atoms with van der Waals surface area (Å²) in [6.07, 6.45) is 0. The van der Waals surface area contributed by atoms with E-state index >= 15 is 0 Å². The van der Waals surface area contributed by atoms with Crippen LogP contribution in [-0.4, -0.2) is 4.92 Å². The average molecular weight is 205 g/mol. The van der Waals surface area contributed by atoms with Crippen LogP contribution in [0.2, 0.25) is 10.0 Å². The fraction of sp³-hybridized carbons (Fsp3) is 0.143. The van der Waals surface area contributed by atoms with Crippen LogP contribution < -0.4 is 0 Å². The van der Waals surface area contributed by atoms with Crippen LogP contribution in [0, 0.1) is 23.1 Å². The van der Waals surface area contributed by atoms with Crippen molar-refractivity contribution in [1.82, 2.24) is 0 Å². The molecule has 1 rings (SSSR count). The predicted molar refractivity (Wildman–Crippen MR) is 46.7 cm³/mol. The molecule has 0 aliphatic heterocycles. The molecule has 0 spiro atoms. The zero-order valence-electron chi connectivity index (χ0n) is 6.10. The first-order valence-corrected chi connectivity index (χ1v) is 3.80. The Bertz CT molecular complexity index is 338. The highest BCUT2D eigenvalue weighted by atomic mass is 35.5. The van der Waals surface area contributed by atoms with Crippen molar-refractivity contribution in [2.45, 2.75) is 6.92 Å². The van der Waals surface area contributed by atoms with E-state index in [0.29, 0.717) is 10.6 Å². The lowest BCUT2D eigenvalue weighted by atomic mass is 10.2. The zero-order chi connectivity index (χ0) is 9.30. The van der Waals surface area contributed by atoms with E-state index in [9.17, 15) is 10.1 Å². The van der Waals surface area contributed by atoms with Crippen molar-refractivity contribution in [3.8, 4) is 0 Å². The smallest absolute Gasteiger partial charge is 0.258 e.